The molecule has 1 saturated heterocycles. The molecule has 0 radical (unpaired) electrons. The molecule has 1 aliphatic rings. The summed E-state index contributed by atoms with van der Waals surface area (Å²) in [6, 6.07) is 0.952. The van der Waals surface area contributed by atoms with E-state index in [1.165, 1.54) is 17.4 Å². The highest BCUT2D eigenvalue weighted by Gasteiger charge is 2.48. The number of hydrogen-bond acceptors (Lipinski definition) is 3. The second-order valence-corrected chi connectivity index (χ2v) is 6.27. The van der Waals surface area contributed by atoms with Crippen LogP contribution in [0.3, 0.4) is 0 Å². The minimum atomic E-state index is -4.26. The summed E-state index contributed by atoms with van der Waals surface area (Å²) >= 11 is 1.22. The Morgan fingerprint density at radius 3 is 2.59 bits per heavy atom. The van der Waals surface area contributed by atoms with E-state index in [2.05, 4.69) is 10.6 Å². The van der Waals surface area contributed by atoms with Crippen LogP contribution in [-0.2, 0) is 0 Å². The molecule has 1 aliphatic heterocycles. The van der Waals surface area contributed by atoms with E-state index >= 15 is 0 Å². The van der Waals surface area contributed by atoms with Crippen molar-refractivity contribution in [3.8, 4) is 0 Å². The number of rotatable bonds is 3. The van der Waals surface area contributed by atoms with E-state index in [9.17, 15) is 22.8 Å². The Morgan fingerprint density at radius 2 is 2.05 bits per heavy atom. The number of urea groups is 1. The molecule has 0 unspecified atom stereocenters. The molecule has 0 bridgehead atoms. The first-order valence-electron chi connectivity index (χ1n) is 6.73. The molecule has 0 aliphatic carbocycles. The van der Waals surface area contributed by atoms with Crippen molar-refractivity contribution in [2.75, 3.05) is 25.0 Å². The molecule has 3 amide bonds. The number of nitrogens with zero attached hydrogens (tertiary/aromatic N) is 1. The molecule has 5 nitrogen and oxygen atoms in total. The maximum absolute atomic E-state index is 12.4. The van der Waals surface area contributed by atoms with E-state index < -0.39 is 18.1 Å². The molecular formula is C13H16F3N3O2S. The van der Waals surface area contributed by atoms with Crippen LogP contribution in [0.1, 0.15) is 21.5 Å². The summed E-state index contributed by atoms with van der Waals surface area (Å²) in [5.74, 6) is -1.69. The molecule has 0 atom stereocenters. The standard InChI is InChI=1S/C13H16F3N3O2S/c1-3-17-11(20)10-4-9(7(2)22-10)18-12(21)19-5-8(6-19)13(14,15)16/h4,8H,3,5-6H2,1-2H3,(H,17,20)(H,18,21). The van der Waals surface area contributed by atoms with E-state index in [0.29, 0.717) is 17.1 Å². The van der Waals surface area contributed by atoms with E-state index in [1.54, 1.807) is 13.8 Å². The molecule has 9 heteroatoms. The zero-order chi connectivity index (χ0) is 16.5. The van der Waals surface area contributed by atoms with Crippen LogP contribution in [0.15, 0.2) is 6.07 Å². The number of anilines is 1. The number of thiophene rings is 1. The largest absolute Gasteiger partial charge is 0.395 e. The Labute approximate surface area is 129 Å². The molecule has 0 aromatic carbocycles. The number of nitrogens with one attached hydrogen (secondary N) is 2. The van der Waals surface area contributed by atoms with Crippen LogP contribution in [0, 0.1) is 12.8 Å². The average Bonchev–Trinajstić information content (AvgIpc) is 2.67. The number of carbonyl (C=O) groups is 2. The highest BCUT2D eigenvalue weighted by molar-refractivity contribution is 7.14. The van der Waals surface area contributed by atoms with Gasteiger partial charge in [-0.05, 0) is 19.9 Å². The molecule has 1 aromatic heterocycles. The Kier molecular flexibility index (Phi) is 4.64. The van der Waals surface area contributed by atoms with Gasteiger partial charge in [-0.2, -0.15) is 13.2 Å². The van der Waals surface area contributed by atoms with E-state index in [-0.39, 0.29) is 19.0 Å². The Morgan fingerprint density at radius 1 is 1.41 bits per heavy atom. The van der Waals surface area contributed by atoms with Gasteiger partial charge >= 0.3 is 12.2 Å². The summed E-state index contributed by atoms with van der Waals surface area (Å²) in [7, 11) is 0. The summed E-state index contributed by atoms with van der Waals surface area (Å²) in [6.07, 6.45) is -4.26. The van der Waals surface area contributed by atoms with Gasteiger partial charge < -0.3 is 15.5 Å². The Bertz CT molecular complexity index is 580. The molecule has 1 aromatic rings. The molecule has 122 valence electrons. The number of likely N-dealkylation sites (tertiary alicyclic amines) is 1. The lowest BCUT2D eigenvalue weighted by Gasteiger charge is -2.39. The summed E-state index contributed by atoms with van der Waals surface area (Å²) in [5.41, 5.74) is 0.451. The van der Waals surface area contributed by atoms with Crippen LogP contribution in [0.25, 0.3) is 0 Å². The van der Waals surface area contributed by atoms with Crippen molar-refractivity contribution in [3.05, 3.63) is 15.8 Å². The first-order chi connectivity index (χ1) is 10.2. The van der Waals surface area contributed by atoms with E-state index in [1.807, 2.05) is 0 Å². The van der Waals surface area contributed by atoms with Crippen LogP contribution in [0.4, 0.5) is 23.7 Å². The van der Waals surface area contributed by atoms with Crippen LogP contribution in [-0.4, -0.2) is 42.6 Å². The van der Waals surface area contributed by atoms with Gasteiger partial charge in [0.25, 0.3) is 5.91 Å². The normalized spacial score (nSPS) is 15.4. The molecule has 2 heterocycles. The highest BCUT2D eigenvalue weighted by Crippen LogP contribution is 2.34. The molecule has 2 N–H and O–H groups in total. The number of halogens is 3. The summed E-state index contributed by atoms with van der Waals surface area (Å²) in [4.78, 5) is 25.9. The number of carbonyl (C=O) groups excluding carboxylic acids is 2. The van der Waals surface area contributed by atoms with Crippen molar-refractivity contribution in [1.29, 1.82) is 0 Å². The second-order valence-electron chi connectivity index (χ2n) is 5.01. The fraction of sp³-hybridized carbons (Fsp3) is 0.538. The molecule has 0 spiro atoms. The number of alkyl halides is 3. The minimum absolute atomic E-state index is 0.239. The van der Waals surface area contributed by atoms with Crippen molar-refractivity contribution in [2.45, 2.75) is 20.0 Å². The van der Waals surface area contributed by atoms with Crippen molar-refractivity contribution in [1.82, 2.24) is 10.2 Å². The third-order valence-electron chi connectivity index (χ3n) is 3.35. The van der Waals surface area contributed by atoms with Gasteiger partial charge in [0.2, 0.25) is 0 Å². The van der Waals surface area contributed by atoms with Crippen LogP contribution in [0.2, 0.25) is 0 Å². The number of amides is 3. The zero-order valence-electron chi connectivity index (χ0n) is 12.1. The Hall–Kier alpha value is -1.77. The zero-order valence-corrected chi connectivity index (χ0v) is 12.9. The highest BCUT2D eigenvalue weighted by atomic mass is 32.1. The molecule has 1 fully saturated rings. The predicted molar refractivity (Wildman–Crippen MR) is 77.2 cm³/mol. The second kappa shape index (κ2) is 6.15. The van der Waals surface area contributed by atoms with E-state index in [4.69, 9.17) is 0 Å². The van der Waals surface area contributed by atoms with Gasteiger partial charge in [-0.3, -0.25) is 4.79 Å². The van der Waals surface area contributed by atoms with Crippen LogP contribution >= 0.6 is 11.3 Å². The predicted octanol–water partition coefficient (Wildman–Crippen LogP) is 2.83. The molecule has 22 heavy (non-hydrogen) atoms. The van der Waals surface area contributed by atoms with Gasteiger partial charge in [0.1, 0.15) is 0 Å². The number of aryl methyl sites for hydroxylation is 1. The van der Waals surface area contributed by atoms with Crippen molar-refractivity contribution >= 4 is 29.0 Å². The van der Waals surface area contributed by atoms with Crippen LogP contribution in [0.5, 0.6) is 0 Å². The fourth-order valence-corrected chi connectivity index (χ4v) is 2.90. The third kappa shape index (κ3) is 3.52. The lowest BCUT2D eigenvalue weighted by atomic mass is 10.0. The van der Waals surface area contributed by atoms with Crippen molar-refractivity contribution in [3.63, 3.8) is 0 Å². The van der Waals surface area contributed by atoms with Gasteiger partial charge in [-0.25, -0.2) is 4.79 Å². The number of hydrogen-bond donors (Lipinski definition) is 2. The van der Waals surface area contributed by atoms with Gasteiger partial charge in [0.15, 0.2) is 0 Å². The molecule has 0 saturated carbocycles. The maximum Gasteiger partial charge on any atom is 0.395 e. The first-order valence-corrected chi connectivity index (χ1v) is 7.55. The van der Waals surface area contributed by atoms with Crippen molar-refractivity contribution < 1.29 is 22.8 Å². The lowest BCUT2D eigenvalue weighted by molar-refractivity contribution is -0.201. The monoisotopic (exact) mass is 335 g/mol. The maximum atomic E-state index is 12.4. The van der Waals surface area contributed by atoms with Crippen molar-refractivity contribution in [2.24, 2.45) is 5.92 Å². The fourth-order valence-electron chi connectivity index (χ4n) is 2.01. The summed E-state index contributed by atoms with van der Waals surface area (Å²) in [5, 5.41) is 5.20. The van der Waals surface area contributed by atoms with E-state index in [0.717, 1.165) is 9.78 Å². The molecule has 2 rings (SSSR count). The smallest absolute Gasteiger partial charge is 0.352 e. The van der Waals surface area contributed by atoms with Gasteiger partial charge in [0, 0.05) is 24.5 Å². The summed E-state index contributed by atoms with van der Waals surface area (Å²) in [6.45, 7) is 3.35. The quantitative estimate of drug-likeness (QED) is 0.892. The van der Waals surface area contributed by atoms with Gasteiger partial charge in [0.05, 0.1) is 16.5 Å². The minimum Gasteiger partial charge on any atom is -0.352 e. The Balaban J connectivity index is 1.94. The summed E-state index contributed by atoms with van der Waals surface area (Å²) < 4.78 is 37.2. The lowest BCUT2D eigenvalue weighted by Crippen LogP contribution is -2.56. The van der Waals surface area contributed by atoms with Crippen LogP contribution < -0.4 is 10.6 Å². The first kappa shape index (κ1) is 16.6. The topological polar surface area (TPSA) is 61.4 Å². The van der Waals surface area contributed by atoms with Gasteiger partial charge in [-0.15, -0.1) is 11.3 Å². The third-order valence-corrected chi connectivity index (χ3v) is 4.40. The van der Waals surface area contributed by atoms with Gasteiger partial charge in [-0.1, -0.05) is 0 Å². The molecular weight excluding hydrogens is 319 g/mol. The SMILES string of the molecule is CCNC(=O)c1cc(NC(=O)N2CC(C(F)(F)F)C2)c(C)s1. The average molecular weight is 335 g/mol.